The molecule has 0 aromatic rings. The zero-order valence-electron chi connectivity index (χ0n) is 11.8. The van der Waals surface area contributed by atoms with E-state index in [4.69, 9.17) is 4.74 Å². The molecular formula is C14H27NO. The van der Waals surface area contributed by atoms with Crippen molar-refractivity contribution in [2.45, 2.75) is 53.6 Å². The van der Waals surface area contributed by atoms with Crippen molar-refractivity contribution in [3.63, 3.8) is 0 Å². The second-order valence-corrected chi connectivity index (χ2v) is 7.14. The molecule has 0 spiro atoms. The van der Waals surface area contributed by atoms with Crippen molar-refractivity contribution in [2.24, 2.45) is 11.3 Å². The fourth-order valence-electron chi connectivity index (χ4n) is 2.19. The molecular weight excluding hydrogens is 198 g/mol. The van der Waals surface area contributed by atoms with Gasteiger partial charge in [-0.3, -0.25) is 0 Å². The average Bonchev–Trinajstić information content (AvgIpc) is 1.89. The Morgan fingerprint density at radius 1 is 1.19 bits per heavy atom. The van der Waals surface area contributed by atoms with Gasteiger partial charge in [-0.05, 0) is 45.1 Å². The predicted octanol–water partition coefficient (Wildman–Crippen LogP) is 3.64. The van der Waals surface area contributed by atoms with Crippen molar-refractivity contribution >= 4 is 0 Å². The molecule has 1 saturated heterocycles. The first-order valence-electron chi connectivity index (χ1n) is 6.20. The summed E-state index contributed by atoms with van der Waals surface area (Å²) in [4.78, 5) is 2.24. The lowest BCUT2D eigenvalue weighted by Crippen LogP contribution is -2.48. The third-order valence-corrected chi connectivity index (χ3v) is 2.63. The van der Waals surface area contributed by atoms with Gasteiger partial charge < -0.3 is 9.64 Å². The van der Waals surface area contributed by atoms with Gasteiger partial charge >= 0.3 is 0 Å². The summed E-state index contributed by atoms with van der Waals surface area (Å²) in [5, 5.41) is 0. The summed E-state index contributed by atoms with van der Waals surface area (Å²) in [6.07, 6.45) is 1.28. The molecule has 1 rings (SSSR count). The van der Waals surface area contributed by atoms with E-state index >= 15 is 0 Å². The number of hydrogen-bond donors (Lipinski definition) is 0. The van der Waals surface area contributed by atoms with E-state index < -0.39 is 0 Å². The third-order valence-electron chi connectivity index (χ3n) is 2.63. The van der Waals surface area contributed by atoms with E-state index in [9.17, 15) is 0 Å². The van der Waals surface area contributed by atoms with Gasteiger partial charge in [0, 0.05) is 13.1 Å². The minimum atomic E-state index is -0.133. The van der Waals surface area contributed by atoms with Crippen LogP contribution in [0.3, 0.4) is 0 Å². The summed E-state index contributed by atoms with van der Waals surface area (Å²) in [5.74, 6) is 1.64. The second-order valence-electron chi connectivity index (χ2n) is 7.14. The molecule has 94 valence electrons. The van der Waals surface area contributed by atoms with E-state index in [0.29, 0.717) is 5.41 Å². The van der Waals surface area contributed by atoms with Gasteiger partial charge in [0.25, 0.3) is 0 Å². The molecule has 0 aromatic heterocycles. The molecule has 0 bridgehead atoms. The van der Waals surface area contributed by atoms with E-state index in [1.54, 1.807) is 0 Å². The third kappa shape index (κ3) is 4.46. The van der Waals surface area contributed by atoms with Crippen LogP contribution in [-0.2, 0) is 4.74 Å². The van der Waals surface area contributed by atoms with Crippen LogP contribution in [0.15, 0.2) is 12.5 Å². The lowest BCUT2D eigenvalue weighted by molar-refractivity contribution is -0.0358. The quantitative estimate of drug-likeness (QED) is 0.680. The van der Waals surface area contributed by atoms with E-state index in [2.05, 4.69) is 53.0 Å². The topological polar surface area (TPSA) is 12.5 Å². The maximum Gasteiger partial charge on any atom is 0.182 e. The summed E-state index contributed by atoms with van der Waals surface area (Å²) >= 11 is 0. The Kier molecular flexibility index (Phi) is 3.61. The van der Waals surface area contributed by atoms with Crippen LogP contribution >= 0.6 is 0 Å². The van der Waals surface area contributed by atoms with Gasteiger partial charge in [0.05, 0.1) is 0 Å². The van der Waals surface area contributed by atoms with Crippen LogP contribution < -0.4 is 0 Å². The lowest BCUT2D eigenvalue weighted by atomic mass is 9.81. The van der Waals surface area contributed by atoms with Crippen molar-refractivity contribution in [1.82, 2.24) is 4.90 Å². The molecule has 0 N–H and O–H groups in total. The zero-order chi connectivity index (χ0) is 12.6. The minimum absolute atomic E-state index is 0.133. The number of nitrogens with zero attached hydrogens (tertiary/aromatic N) is 1. The summed E-state index contributed by atoms with van der Waals surface area (Å²) < 4.78 is 5.75. The van der Waals surface area contributed by atoms with Crippen LogP contribution in [0.5, 0.6) is 0 Å². The zero-order valence-corrected chi connectivity index (χ0v) is 11.8. The Balaban J connectivity index is 2.28. The van der Waals surface area contributed by atoms with Crippen molar-refractivity contribution < 1.29 is 4.74 Å². The SMILES string of the molecule is C=C(OC(C)(C)C)N1CC(CC(C)(C)C)C1. The molecule has 0 radical (unpaired) electrons. The van der Waals surface area contributed by atoms with Crippen LogP contribution in [0.25, 0.3) is 0 Å². The number of rotatable bonds is 3. The molecule has 1 aliphatic rings. The highest BCUT2D eigenvalue weighted by molar-refractivity contribution is 4.95. The molecule has 1 fully saturated rings. The highest BCUT2D eigenvalue weighted by Gasteiger charge is 2.32. The van der Waals surface area contributed by atoms with E-state index in [0.717, 1.165) is 24.9 Å². The van der Waals surface area contributed by atoms with Crippen LogP contribution in [-0.4, -0.2) is 23.6 Å². The fourth-order valence-corrected chi connectivity index (χ4v) is 2.19. The van der Waals surface area contributed by atoms with Crippen molar-refractivity contribution in [3.8, 4) is 0 Å². The van der Waals surface area contributed by atoms with Gasteiger partial charge in [-0.15, -0.1) is 0 Å². The van der Waals surface area contributed by atoms with Crippen LogP contribution in [0.2, 0.25) is 0 Å². The van der Waals surface area contributed by atoms with Gasteiger partial charge in [0.2, 0.25) is 0 Å². The molecule has 1 heterocycles. The standard InChI is InChI=1S/C14H27NO/c1-11(16-14(5,6)7)15-9-12(10-15)8-13(2,3)4/h12H,1,8-10H2,2-7H3. The van der Waals surface area contributed by atoms with Gasteiger partial charge in [-0.2, -0.15) is 0 Å². The normalized spacial score (nSPS) is 18.2. The van der Waals surface area contributed by atoms with E-state index in [1.807, 2.05) is 0 Å². The Labute approximate surface area is 101 Å². The molecule has 16 heavy (non-hydrogen) atoms. The Morgan fingerprint density at radius 2 is 1.69 bits per heavy atom. The summed E-state index contributed by atoms with van der Waals surface area (Å²) in [7, 11) is 0. The molecule has 0 saturated carbocycles. The lowest BCUT2D eigenvalue weighted by Gasteiger charge is -2.45. The van der Waals surface area contributed by atoms with Crippen molar-refractivity contribution in [1.29, 1.82) is 0 Å². The Hall–Kier alpha value is -0.660. The van der Waals surface area contributed by atoms with Crippen molar-refractivity contribution in [2.75, 3.05) is 13.1 Å². The summed E-state index contributed by atoms with van der Waals surface area (Å²) in [6, 6.07) is 0. The molecule has 1 aliphatic heterocycles. The molecule has 0 aliphatic carbocycles. The molecule has 2 nitrogen and oxygen atoms in total. The van der Waals surface area contributed by atoms with Gasteiger partial charge in [0.1, 0.15) is 5.60 Å². The van der Waals surface area contributed by atoms with Crippen molar-refractivity contribution in [3.05, 3.63) is 12.5 Å². The minimum Gasteiger partial charge on any atom is -0.474 e. The molecule has 0 aromatic carbocycles. The molecule has 0 amide bonds. The first kappa shape index (κ1) is 13.4. The van der Waals surface area contributed by atoms with Crippen LogP contribution in [0.1, 0.15) is 48.0 Å². The summed E-state index contributed by atoms with van der Waals surface area (Å²) in [6.45, 7) is 19.3. The van der Waals surface area contributed by atoms with Gasteiger partial charge in [-0.25, -0.2) is 0 Å². The second kappa shape index (κ2) is 4.31. The maximum absolute atomic E-state index is 5.75. The Morgan fingerprint density at radius 3 is 2.06 bits per heavy atom. The van der Waals surface area contributed by atoms with E-state index in [-0.39, 0.29) is 5.60 Å². The van der Waals surface area contributed by atoms with Gasteiger partial charge in [0.15, 0.2) is 5.88 Å². The average molecular weight is 225 g/mol. The number of hydrogen-bond acceptors (Lipinski definition) is 2. The monoisotopic (exact) mass is 225 g/mol. The highest BCUT2D eigenvalue weighted by atomic mass is 16.5. The molecule has 0 unspecified atom stereocenters. The summed E-state index contributed by atoms with van der Waals surface area (Å²) in [5.41, 5.74) is 0.301. The molecule has 2 heteroatoms. The smallest absolute Gasteiger partial charge is 0.182 e. The number of ether oxygens (including phenoxy) is 1. The fraction of sp³-hybridized carbons (Fsp3) is 0.857. The largest absolute Gasteiger partial charge is 0.474 e. The first-order valence-corrected chi connectivity index (χ1v) is 6.20. The van der Waals surface area contributed by atoms with Gasteiger partial charge in [-0.1, -0.05) is 20.8 Å². The highest BCUT2D eigenvalue weighted by Crippen LogP contribution is 2.32. The Bertz CT molecular complexity index is 251. The molecule has 0 atom stereocenters. The maximum atomic E-state index is 5.75. The van der Waals surface area contributed by atoms with E-state index in [1.165, 1.54) is 6.42 Å². The number of likely N-dealkylation sites (tertiary alicyclic amines) is 1. The predicted molar refractivity (Wildman–Crippen MR) is 69.1 cm³/mol. The first-order chi connectivity index (χ1) is 7.07. The van der Waals surface area contributed by atoms with Crippen LogP contribution in [0, 0.1) is 11.3 Å². The van der Waals surface area contributed by atoms with Crippen LogP contribution in [0.4, 0.5) is 0 Å².